The number of ether oxygens (including phenoxy) is 3. The Labute approximate surface area is 125 Å². The molecule has 0 amide bonds. The molecule has 2 aliphatic rings. The SMILES string of the molecule is C(OCC1CO1)C1CO1.CC(C)Cc1cc(O)cc(O)c1. The van der Waals surface area contributed by atoms with Gasteiger partial charge in [-0.15, -0.1) is 0 Å². The quantitative estimate of drug-likeness (QED) is 0.786. The van der Waals surface area contributed by atoms with E-state index in [9.17, 15) is 0 Å². The zero-order chi connectivity index (χ0) is 15.2. The second kappa shape index (κ2) is 7.64. The molecule has 5 heteroatoms. The van der Waals surface area contributed by atoms with E-state index in [0.717, 1.165) is 38.4 Å². The summed E-state index contributed by atoms with van der Waals surface area (Å²) in [5.41, 5.74) is 0.975. The van der Waals surface area contributed by atoms with Gasteiger partial charge in [0.1, 0.15) is 23.7 Å². The molecular formula is C16H24O5. The monoisotopic (exact) mass is 296 g/mol. The predicted molar refractivity (Wildman–Crippen MR) is 78.6 cm³/mol. The number of hydrogen-bond donors (Lipinski definition) is 2. The lowest BCUT2D eigenvalue weighted by Gasteiger charge is -2.05. The van der Waals surface area contributed by atoms with E-state index in [1.807, 2.05) is 0 Å². The van der Waals surface area contributed by atoms with Gasteiger partial charge in [0.15, 0.2) is 0 Å². The van der Waals surface area contributed by atoms with Crippen LogP contribution in [0.5, 0.6) is 11.5 Å². The summed E-state index contributed by atoms with van der Waals surface area (Å²) in [4.78, 5) is 0. The Kier molecular flexibility index (Phi) is 5.85. The molecule has 0 radical (unpaired) electrons. The topological polar surface area (TPSA) is 74.8 Å². The lowest BCUT2D eigenvalue weighted by atomic mass is 10.0. The van der Waals surface area contributed by atoms with E-state index in [-0.39, 0.29) is 11.5 Å². The maximum absolute atomic E-state index is 9.15. The summed E-state index contributed by atoms with van der Waals surface area (Å²) in [5, 5.41) is 18.3. The van der Waals surface area contributed by atoms with Gasteiger partial charge in [0, 0.05) is 6.07 Å². The van der Waals surface area contributed by atoms with Crippen LogP contribution in [0.15, 0.2) is 18.2 Å². The van der Waals surface area contributed by atoms with Crippen molar-refractivity contribution < 1.29 is 24.4 Å². The van der Waals surface area contributed by atoms with Crippen molar-refractivity contribution in [2.24, 2.45) is 5.92 Å². The van der Waals surface area contributed by atoms with E-state index in [4.69, 9.17) is 24.4 Å². The van der Waals surface area contributed by atoms with Crippen LogP contribution in [0.2, 0.25) is 0 Å². The fourth-order valence-corrected chi connectivity index (χ4v) is 1.91. The second-order valence-electron chi connectivity index (χ2n) is 5.90. The highest BCUT2D eigenvalue weighted by Crippen LogP contribution is 2.22. The maximum Gasteiger partial charge on any atom is 0.119 e. The molecule has 2 aliphatic heterocycles. The first-order valence-corrected chi connectivity index (χ1v) is 7.35. The van der Waals surface area contributed by atoms with Gasteiger partial charge in [0.05, 0.1) is 26.4 Å². The van der Waals surface area contributed by atoms with Gasteiger partial charge in [-0.3, -0.25) is 0 Å². The molecule has 3 rings (SSSR count). The predicted octanol–water partition coefficient (Wildman–Crippen LogP) is 2.10. The molecule has 2 unspecified atom stereocenters. The van der Waals surface area contributed by atoms with Crippen LogP contribution in [-0.2, 0) is 20.6 Å². The Bertz CT molecular complexity index is 406. The van der Waals surface area contributed by atoms with Crippen molar-refractivity contribution in [2.75, 3.05) is 26.4 Å². The zero-order valence-corrected chi connectivity index (χ0v) is 12.6. The van der Waals surface area contributed by atoms with Crippen molar-refractivity contribution in [3.8, 4) is 11.5 Å². The maximum atomic E-state index is 9.15. The van der Waals surface area contributed by atoms with Gasteiger partial charge in [-0.2, -0.15) is 0 Å². The van der Waals surface area contributed by atoms with Crippen LogP contribution in [0.3, 0.4) is 0 Å². The second-order valence-corrected chi connectivity index (χ2v) is 5.90. The number of epoxide rings is 2. The van der Waals surface area contributed by atoms with E-state index in [0.29, 0.717) is 18.1 Å². The molecule has 2 heterocycles. The molecule has 2 N–H and O–H groups in total. The molecule has 2 fully saturated rings. The van der Waals surface area contributed by atoms with Crippen LogP contribution < -0.4 is 0 Å². The molecule has 0 aliphatic carbocycles. The summed E-state index contributed by atoms with van der Waals surface area (Å²) in [6.07, 6.45) is 1.66. The Morgan fingerprint density at radius 3 is 1.90 bits per heavy atom. The Morgan fingerprint density at radius 1 is 1.05 bits per heavy atom. The minimum Gasteiger partial charge on any atom is -0.508 e. The minimum absolute atomic E-state index is 0.130. The molecule has 5 nitrogen and oxygen atoms in total. The van der Waals surface area contributed by atoms with Crippen LogP contribution in [0.25, 0.3) is 0 Å². The first kappa shape index (κ1) is 16.1. The van der Waals surface area contributed by atoms with Crippen LogP contribution >= 0.6 is 0 Å². The van der Waals surface area contributed by atoms with E-state index in [2.05, 4.69) is 13.8 Å². The van der Waals surface area contributed by atoms with E-state index >= 15 is 0 Å². The average Bonchev–Trinajstić information content (AvgIpc) is 3.22. The zero-order valence-electron chi connectivity index (χ0n) is 12.6. The molecule has 0 spiro atoms. The van der Waals surface area contributed by atoms with E-state index in [1.165, 1.54) is 6.07 Å². The van der Waals surface area contributed by atoms with Crippen LogP contribution in [0, 0.1) is 5.92 Å². The van der Waals surface area contributed by atoms with Gasteiger partial charge in [-0.1, -0.05) is 13.8 Å². The van der Waals surface area contributed by atoms with Gasteiger partial charge < -0.3 is 24.4 Å². The number of aromatic hydroxyl groups is 2. The largest absolute Gasteiger partial charge is 0.508 e. The highest BCUT2D eigenvalue weighted by Gasteiger charge is 2.26. The third-order valence-electron chi connectivity index (χ3n) is 3.02. The smallest absolute Gasteiger partial charge is 0.119 e. The summed E-state index contributed by atoms with van der Waals surface area (Å²) in [5.74, 6) is 0.794. The van der Waals surface area contributed by atoms with Crippen molar-refractivity contribution in [1.29, 1.82) is 0 Å². The summed E-state index contributed by atoms with van der Waals surface area (Å²) in [6.45, 7) is 7.46. The van der Waals surface area contributed by atoms with Crippen molar-refractivity contribution in [1.82, 2.24) is 0 Å². The third kappa shape index (κ3) is 7.32. The van der Waals surface area contributed by atoms with E-state index in [1.54, 1.807) is 12.1 Å². The standard InChI is InChI=1S/C10H14O2.C6H10O3/c1-7(2)3-8-4-9(11)6-10(12)5-8;1(5-3-8-5)7-2-6-4-9-6/h4-7,11-12H,3H2,1-2H3;5-6H,1-4H2. The number of hydrogen-bond acceptors (Lipinski definition) is 5. The van der Waals surface area contributed by atoms with Crippen molar-refractivity contribution >= 4 is 0 Å². The highest BCUT2D eigenvalue weighted by atomic mass is 16.6. The van der Waals surface area contributed by atoms with Crippen LogP contribution in [0.4, 0.5) is 0 Å². The lowest BCUT2D eigenvalue weighted by molar-refractivity contribution is 0.102. The average molecular weight is 296 g/mol. The van der Waals surface area contributed by atoms with Gasteiger partial charge >= 0.3 is 0 Å². The highest BCUT2D eigenvalue weighted by molar-refractivity contribution is 5.36. The first-order valence-electron chi connectivity index (χ1n) is 7.35. The minimum atomic E-state index is 0.130. The molecule has 0 saturated carbocycles. The molecule has 2 saturated heterocycles. The summed E-state index contributed by atoms with van der Waals surface area (Å²) in [7, 11) is 0. The molecule has 0 aromatic heterocycles. The molecular weight excluding hydrogens is 272 g/mol. The summed E-state index contributed by atoms with van der Waals surface area (Å²) in [6, 6.07) is 4.70. The van der Waals surface area contributed by atoms with Gasteiger partial charge in [-0.05, 0) is 30.0 Å². The van der Waals surface area contributed by atoms with Crippen LogP contribution in [-0.4, -0.2) is 48.8 Å². The van der Waals surface area contributed by atoms with Gasteiger partial charge in [0.25, 0.3) is 0 Å². The molecule has 1 aromatic carbocycles. The molecule has 0 bridgehead atoms. The third-order valence-corrected chi connectivity index (χ3v) is 3.02. The number of phenolic OH excluding ortho intramolecular Hbond substituents is 2. The lowest BCUT2D eigenvalue weighted by Crippen LogP contribution is -2.06. The van der Waals surface area contributed by atoms with E-state index < -0.39 is 0 Å². The fourth-order valence-electron chi connectivity index (χ4n) is 1.91. The Balaban J connectivity index is 0.000000159. The Morgan fingerprint density at radius 2 is 1.52 bits per heavy atom. The number of rotatable bonds is 6. The Hall–Kier alpha value is -1.30. The number of phenols is 2. The molecule has 1 aromatic rings. The molecule has 118 valence electrons. The normalized spacial score (nSPS) is 22.6. The van der Waals surface area contributed by atoms with Crippen molar-refractivity contribution in [2.45, 2.75) is 32.5 Å². The molecule has 21 heavy (non-hydrogen) atoms. The summed E-state index contributed by atoms with van der Waals surface area (Å²) < 4.78 is 15.1. The van der Waals surface area contributed by atoms with Gasteiger partial charge in [0.2, 0.25) is 0 Å². The number of benzene rings is 1. The first-order chi connectivity index (χ1) is 10.0. The fraction of sp³-hybridized carbons (Fsp3) is 0.625. The van der Waals surface area contributed by atoms with Crippen LogP contribution in [0.1, 0.15) is 19.4 Å². The van der Waals surface area contributed by atoms with Crippen molar-refractivity contribution in [3.05, 3.63) is 23.8 Å². The van der Waals surface area contributed by atoms with Crippen molar-refractivity contribution in [3.63, 3.8) is 0 Å². The summed E-state index contributed by atoms with van der Waals surface area (Å²) >= 11 is 0. The van der Waals surface area contributed by atoms with Gasteiger partial charge in [-0.25, -0.2) is 0 Å². The molecule has 2 atom stereocenters.